The Morgan fingerprint density at radius 2 is 2.06 bits per heavy atom. The molecule has 18 heavy (non-hydrogen) atoms. The van der Waals surface area contributed by atoms with Gasteiger partial charge < -0.3 is 0 Å². The molecule has 0 amide bonds. The highest BCUT2D eigenvalue weighted by Gasteiger charge is 2.27. The molecule has 0 aliphatic heterocycles. The van der Waals surface area contributed by atoms with E-state index >= 15 is 0 Å². The van der Waals surface area contributed by atoms with E-state index in [0.717, 1.165) is 4.34 Å². The summed E-state index contributed by atoms with van der Waals surface area (Å²) in [5.41, 5.74) is 3.02. The van der Waals surface area contributed by atoms with E-state index in [4.69, 9.17) is 11.6 Å². The molecule has 2 atom stereocenters. The Kier molecular flexibility index (Phi) is 3.78. The zero-order valence-corrected chi connectivity index (χ0v) is 13.1. The standard InChI is InChI=1S/C15H14BrClS/c16-15(13-8-9-14(17)18-13)12-7-3-5-10-4-1-2-6-11(10)12/h1-2,4,6,8-9,12,15H,3,5,7H2. The lowest BCUT2D eigenvalue weighted by atomic mass is 9.81. The summed E-state index contributed by atoms with van der Waals surface area (Å²) in [5.74, 6) is 0.574. The van der Waals surface area contributed by atoms with Crippen molar-refractivity contribution in [3.63, 3.8) is 0 Å². The molecule has 1 aromatic heterocycles. The minimum absolute atomic E-state index is 0.386. The minimum atomic E-state index is 0.386. The van der Waals surface area contributed by atoms with E-state index in [0.29, 0.717) is 10.7 Å². The number of hydrogen-bond donors (Lipinski definition) is 0. The lowest BCUT2D eigenvalue weighted by Crippen LogP contribution is -2.13. The van der Waals surface area contributed by atoms with Gasteiger partial charge in [0.15, 0.2) is 0 Å². The van der Waals surface area contributed by atoms with Crippen LogP contribution in [0.2, 0.25) is 4.34 Å². The van der Waals surface area contributed by atoms with Gasteiger partial charge in [0.1, 0.15) is 0 Å². The van der Waals surface area contributed by atoms with Gasteiger partial charge in [-0.25, -0.2) is 0 Å². The Hall–Kier alpha value is -0.310. The van der Waals surface area contributed by atoms with Crippen LogP contribution in [0.25, 0.3) is 0 Å². The Balaban J connectivity index is 1.94. The number of fused-ring (bicyclic) bond motifs is 1. The number of thiophene rings is 1. The zero-order chi connectivity index (χ0) is 12.5. The van der Waals surface area contributed by atoms with Crippen molar-refractivity contribution >= 4 is 38.9 Å². The van der Waals surface area contributed by atoms with E-state index in [1.807, 2.05) is 6.07 Å². The molecule has 1 aromatic carbocycles. The number of benzene rings is 1. The fourth-order valence-corrected chi connectivity index (χ4v) is 4.86. The number of hydrogen-bond acceptors (Lipinski definition) is 1. The highest BCUT2D eigenvalue weighted by molar-refractivity contribution is 9.09. The highest BCUT2D eigenvalue weighted by Crippen LogP contribution is 2.47. The largest absolute Gasteiger partial charge is 0.127 e. The molecule has 3 heteroatoms. The number of rotatable bonds is 2. The van der Waals surface area contributed by atoms with Gasteiger partial charge in [0.25, 0.3) is 0 Å². The summed E-state index contributed by atoms with van der Waals surface area (Å²) in [5, 5.41) is 0. The van der Waals surface area contributed by atoms with Crippen molar-refractivity contribution in [3.05, 3.63) is 56.7 Å². The minimum Gasteiger partial charge on any atom is -0.127 e. The molecule has 0 saturated heterocycles. The van der Waals surface area contributed by atoms with Gasteiger partial charge in [-0.1, -0.05) is 51.8 Å². The number of alkyl halides is 1. The van der Waals surface area contributed by atoms with Gasteiger partial charge in [0.2, 0.25) is 0 Å². The first-order valence-corrected chi connectivity index (χ1v) is 8.34. The van der Waals surface area contributed by atoms with Gasteiger partial charge in [-0.2, -0.15) is 0 Å². The Bertz CT molecular complexity index is 549. The topological polar surface area (TPSA) is 0 Å². The predicted molar refractivity (Wildman–Crippen MR) is 83.1 cm³/mol. The molecule has 0 N–H and O–H groups in total. The summed E-state index contributed by atoms with van der Waals surface area (Å²) in [7, 11) is 0. The van der Waals surface area contributed by atoms with Crippen molar-refractivity contribution in [3.8, 4) is 0 Å². The maximum atomic E-state index is 6.04. The molecule has 0 saturated carbocycles. The molecular weight excluding hydrogens is 328 g/mol. The molecule has 94 valence electrons. The monoisotopic (exact) mass is 340 g/mol. The molecule has 0 bridgehead atoms. The van der Waals surface area contributed by atoms with Crippen LogP contribution in [-0.4, -0.2) is 0 Å². The van der Waals surface area contributed by atoms with Crippen LogP contribution in [0.1, 0.15) is 39.6 Å². The van der Waals surface area contributed by atoms with Crippen LogP contribution < -0.4 is 0 Å². The first-order chi connectivity index (χ1) is 8.75. The van der Waals surface area contributed by atoms with Gasteiger partial charge >= 0.3 is 0 Å². The summed E-state index contributed by atoms with van der Waals surface area (Å²) >= 11 is 11.6. The third-order valence-electron chi connectivity index (χ3n) is 3.63. The first kappa shape index (κ1) is 12.7. The van der Waals surface area contributed by atoms with E-state index < -0.39 is 0 Å². The highest BCUT2D eigenvalue weighted by atomic mass is 79.9. The molecule has 1 aliphatic carbocycles. The van der Waals surface area contributed by atoms with E-state index in [1.54, 1.807) is 11.3 Å². The van der Waals surface area contributed by atoms with Crippen LogP contribution in [0, 0.1) is 0 Å². The third-order valence-corrected chi connectivity index (χ3v) is 6.38. The lowest BCUT2D eigenvalue weighted by molar-refractivity contribution is 0.550. The number of halogens is 2. The lowest BCUT2D eigenvalue weighted by Gasteiger charge is -2.28. The normalized spacial score (nSPS) is 20.4. The first-order valence-electron chi connectivity index (χ1n) is 6.23. The van der Waals surface area contributed by atoms with Crippen LogP contribution in [0.5, 0.6) is 0 Å². The van der Waals surface area contributed by atoms with Crippen molar-refractivity contribution in [2.75, 3.05) is 0 Å². The maximum absolute atomic E-state index is 6.04. The molecule has 0 spiro atoms. The van der Waals surface area contributed by atoms with Crippen LogP contribution in [-0.2, 0) is 6.42 Å². The maximum Gasteiger partial charge on any atom is 0.0931 e. The van der Waals surface area contributed by atoms with Gasteiger partial charge in [0, 0.05) is 10.8 Å². The summed E-state index contributed by atoms with van der Waals surface area (Å²) < 4.78 is 0.874. The summed E-state index contributed by atoms with van der Waals surface area (Å²) in [4.78, 5) is 1.72. The van der Waals surface area contributed by atoms with Crippen LogP contribution in [0.4, 0.5) is 0 Å². The molecule has 0 fully saturated rings. The van der Waals surface area contributed by atoms with Crippen molar-refractivity contribution < 1.29 is 0 Å². The summed E-state index contributed by atoms with van der Waals surface area (Å²) in [6.07, 6.45) is 3.75. The Morgan fingerprint density at radius 3 is 2.83 bits per heavy atom. The third kappa shape index (κ3) is 2.38. The second kappa shape index (κ2) is 5.36. The molecular formula is C15H14BrClS. The van der Waals surface area contributed by atoms with Crippen molar-refractivity contribution in [2.45, 2.75) is 30.0 Å². The van der Waals surface area contributed by atoms with Gasteiger partial charge in [-0.15, -0.1) is 11.3 Å². The van der Waals surface area contributed by atoms with Crippen molar-refractivity contribution in [1.29, 1.82) is 0 Å². The van der Waals surface area contributed by atoms with Crippen molar-refractivity contribution in [1.82, 2.24) is 0 Å². The molecule has 1 aliphatic rings. The quantitative estimate of drug-likeness (QED) is 0.591. The van der Waals surface area contributed by atoms with Crippen LogP contribution in [0.15, 0.2) is 36.4 Å². The summed E-state index contributed by atoms with van der Waals surface area (Å²) in [6, 6.07) is 13.0. The molecule has 0 radical (unpaired) electrons. The average molecular weight is 342 g/mol. The second-order valence-electron chi connectivity index (χ2n) is 4.74. The SMILES string of the molecule is Clc1ccc(C(Br)C2CCCc3ccccc32)s1. The van der Waals surface area contributed by atoms with E-state index in [-0.39, 0.29) is 0 Å². The zero-order valence-electron chi connectivity index (χ0n) is 9.90. The summed E-state index contributed by atoms with van der Waals surface area (Å²) in [6.45, 7) is 0. The Labute approximate surface area is 125 Å². The molecule has 2 aromatic rings. The van der Waals surface area contributed by atoms with E-state index in [1.165, 1.54) is 35.3 Å². The molecule has 3 rings (SSSR count). The van der Waals surface area contributed by atoms with Gasteiger partial charge in [-0.3, -0.25) is 0 Å². The van der Waals surface area contributed by atoms with E-state index in [9.17, 15) is 0 Å². The van der Waals surface area contributed by atoms with Crippen LogP contribution in [0.3, 0.4) is 0 Å². The van der Waals surface area contributed by atoms with E-state index in [2.05, 4.69) is 46.3 Å². The van der Waals surface area contributed by atoms with Gasteiger partial charge in [-0.05, 0) is 42.5 Å². The fraction of sp³-hybridized carbons (Fsp3) is 0.333. The average Bonchev–Trinajstić information content (AvgIpc) is 2.84. The second-order valence-corrected chi connectivity index (χ2v) is 7.47. The fourth-order valence-electron chi connectivity index (χ4n) is 2.77. The van der Waals surface area contributed by atoms with Gasteiger partial charge in [0.05, 0.1) is 9.16 Å². The Morgan fingerprint density at radius 1 is 1.22 bits per heavy atom. The van der Waals surface area contributed by atoms with Crippen LogP contribution >= 0.6 is 38.9 Å². The smallest absolute Gasteiger partial charge is 0.0931 e. The molecule has 0 nitrogen and oxygen atoms in total. The predicted octanol–water partition coefficient (Wildman–Crippen LogP) is 5.96. The molecule has 2 unspecified atom stereocenters. The number of aryl methyl sites for hydroxylation is 1. The molecule has 1 heterocycles. The van der Waals surface area contributed by atoms with Crippen molar-refractivity contribution in [2.24, 2.45) is 0 Å².